The second-order valence-corrected chi connectivity index (χ2v) is 4.42. The summed E-state index contributed by atoms with van der Waals surface area (Å²) >= 11 is 4.21. The molecule has 0 fully saturated rings. The van der Waals surface area contributed by atoms with Gasteiger partial charge < -0.3 is 9.32 Å². The van der Waals surface area contributed by atoms with E-state index in [4.69, 9.17) is 4.42 Å². The third-order valence-electron chi connectivity index (χ3n) is 2.55. The Labute approximate surface area is 101 Å². The maximum atomic E-state index is 5.28. The number of hydrogen-bond acceptors (Lipinski definition) is 4. The highest BCUT2D eigenvalue weighted by Crippen LogP contribution is 2.15. The average molecular weight is 236 g/mol. The Morgan fingerprint density at radius 3 is 3.12 bits per heavy atom. The molecule has 0 bridgehead atoms. The Morgan fingerprint density at radius 2 is 2.31 bits per heavy atom. The molecule has 2 rings (SSSR count). The van der Waals surface area contributed by atoms with Crippen LogP contribution in [0, 0.1) is 0 Å². The number of thiol groups is 1. The Kier molecular flexibility index (Phi) is 3.85. The average Bonchev–Trinajstić information content (AvgIpc) is 2.73. The standard InChI is InChI=1S/C12H16N2OS/c1-14(5-2-6-16)8-10-3-4-11-12(7-10)15-9-13-11/h3-4,7,9,16H,2,5-6,8H2,1H3. The van der Waals surface area contributed by atoms with E-state index >= 15 is 0 Å². The van der Waals surface area contributed by atoms with Gasteiger partial charge in [0.15, 0.2) is 12.0 Å². The molecule has 1 aromatic carbocycles. The van der Waals surface area contributed by atoms with Crippen LogP contribution < -0.4 is 0 Å². The van der Waals surface area contributed by atoms with Gasteiger partial charge >= 0.3 is 0 Å². The van der Waals surface area contributed by atoms with Gasteiger partial charge in [-0.1, -0.05) is 6.07 Å². The molecular formula is C12H16N2OS. The number of aromatic nitrogens is 1. The van der Waals surface area contributed by atoms with Crippen LogP contribution in [0.25, 0.3) is 11.1 Å². The zero-order valence-electron chi connectivity index (χ0n) is 9.39. The molecule has 0 radical (unpaired) electrons. The van der Waals surface area contributed by atoms with Crippen LogP contribution in [-0.2, 0) is 6.54 Å². The van der Waals surface area contributed by atoms with Crippen LogP contribution in [0.1, 0.15) is 12.0 Å². The molecule has 0 aliphatic carbocycles. The second kappa shape index (κ2) is 5.37. The molecule has 0 saturated heterocycles. The predicted molar refractivity (Wildman–Crippen MR) is 68.8 cm³/mol. The van der Waals surface area contributed by atoms with E-state index in [9.17, 15) is 0 Å². The lowest BCUT2D eigenvalue weighted by Gasteiger charge is -2.15. The number of benzene rings is 1. The summed E-state index contributed by atoms with van der Waals surface area (Å²) in [7, 11) is 2.12. The molecule has 4 heteroatoms. The topological polar surface area (TPSA) is 29.3 Å². The summed E-state index contributed by atoms with van der Waals surface area (Å²) in [5.74, 6) is 0.936. The van der Waals surface area contributed by atoms with Crippen LogP contribution in [-0.4, -0.2) is 29.2 Å². The highest BCUT2D eigenvalue weighted by Gasteiger charge is 2.03. The van der Waals surface area contributed by atoms with Gasteiger partial charge in [0.05, 0.1) is 0 Å². The number of hydrogen-bond donors (Lipinski definition) is 1. The fourth-order valence-corrected chi connectivity index (χ4v) is 1.87. The van der Waals surface area contributed by atoms with Gasteiger partial charge in [-0.25, -0.2) is 4.98 Å². The first-order valence-corrected chi connectivity index (χ1v) is 6.04. The third-order valence-corrected chi connectivity index (χ3v) is 2.86. The maximum absolute atomic E-state index is 5.28. The van der Waals surface area contributed by atoms with Gasteiger partial charge in [0.1, 0.15) is 5.52 Å². The van der Waals surface area contributed by atoms with Crippen molar-refractivity contribution in [2.45, 2.75) is 13.0 Å². The van der Waals surface area contributed by atoms with Gasteiger partial charge in [0.2, 0.25) is 0 Å². The number of fused-ring (bicyclic) bond motifs is 1. The van der Waals surface area contributed by atoms with E-state index in [1.54, 1.807) is 0 Å². The molecule has 0 N–H and O–H groups in total. The summed E-state index contributed by atoms with van der Waals surface area (Å²) in [5, 5.41) is 0. The molecule has 1 heterocycles. The van der Waals surface area contributed by atoms with Crippen molar-refractivity contribution in [3.63, 3.8) is 0 Å². The summed E-state index contributed by atoms with van der Waals surface area (Å²) in [6, 6.07) is 6.15. The lowest BCUT2D eigenvalue weighted by molar-refractivity contribution is 0.328. The quantitative estimate of drug-likeness (QED) is 0.809. The molecule has 86 valence electrons. The number of rotatable bonds is 5. The molecule has 0 spiro atoms. The Bertz CT molecular complexity index is 455. The fraction of sp³-hybridized carbons (Fsp3) is 0.417. The van der Waals surface area contributed by atoms with Crippen LogP contribution in [0.3, 0.4) is 0 Å². The van der Waals surface area contributed by atoms with Gasteiger partial charge in [-0.05, 0) is 43.5 Å². The zero-order valence-corrected chi connectivity index (χ0v) is 10.3. The van der Waals surface area contributed by atoms with Crippen molar-refractivity contribution in [1.82, 2.24) is 9.88 Å². The minimum Gasteiger partial charge on any atom is -0.443 e. The summed E-state index contributed by atoms with van der Waals surface area (Å²) < 4.78 is 5.28. The van der Waals surface area contributed by atoms with Crippen molar-refractivity contribution >= 4 is 23.7 Å². The van der Waals surface area contributed by atoms with Gasteiger partial charge in [-0.2, -0.15) is 12.6 Å². The Hall–Kier alpha value is -1.00. The summed E-state index contributed by atoms with van der Waals surface area (Å²) in [5.41, 5.74) is 3.03. The SMILES string of the molecule is CN(CCCS)Cc1ccc2ncoc2c1. The molecule has 1 aromatic heterocycles. The third kappa shape index (κ3) is 2.77. The van der Waals surface area contributed by atoms with Crippen molar-refractivity contribution < 1.29 is 4.42 Å². The Balaban J connectivity index is 2.03. The maximum Gasteiger partial charge on any atom is 0.181 e. The summed E-state index contributed by atoms with van der Waals surface area (Å²) in [6.07, 6.45) is 2.60. The van der Waals surface area contributed by atoms with Gasteiger partial charge in [0.25, 0.3) is 0 Å². The zero-order chi connectivity index (χ0) is 11.4. The highest BCUT2D eigenvalue weighted by molar-refractivity contribution is 7.80. The minimum absolute atomic E-state index is 0.861. The summed E-state index contributed by atoms with van der Waals surface area (Å²) in [6.45, 7) is 2.00. The lowest BCUT2D eigenvalue weighted by atomic mass is 10.2. The van der Waals surface area contributed by atoms with E-state index < -0.39 is 0 Å². The van der Waals surface area contributed by atoms with Crippen LogP contribution in [0.4, 0.5) is 0 Å². The van der Waals surface area contributed by atoms with E-state index in [1.807, 2.05) is 6.07 Å². The molecule has 0 saturated carbocycles. The van der Waals surface area contributed by atoms with Crippen molar-refractivity contribution in [3.8, 4) is 0 Å². The van der Waals surface area contributed by atoms with Crippen molar-refractivity contribution in [2.24, 2.45) is 0 Å². The van der Waals surface area contributed by atoms with Crippen LogP contribution in [0.2, 0.25) is 0 Å². The largest absolute Gasteiger partial charge is 0.443 e. The highest BCUT2D eigenvalue weighted by atomic mass is 32.1. The predicted octanol–water partition coefficient (Wildman–Crippen LogP) is 2.58. The monoisotopic (exact) mass is 236 g/mol. The van der Waals surface area contributed by atoms with Crippen molar-refractivity contribution in [1.29, 1.82) is 0 Å². The first-order chi connectivity index (χ1) is 7.79. The summed E-state index contributed by atoms with van der Waals surface area (Å²) in [4.78, 5) is 6.38. The number of oxazole rings is 1. The molecule has 0 unspecified atom stereocenters. The van der Waals surface area contributed by atoms with E-state index in [-0.39, 0.29) is 0 Å². The van der Waals surface area contributed by atoms with E-state index in [1.165, 1.54) is 12.0 Å². The molecule has 2 aromatic rings. The molecule has 3 nitrogen and oxygen atoms in total. The van der Waals surface area contributed by atoms with E-state index in [0.29, 0.717) is 0 Å². The fourth-order valence-electron chi connectivity index (χ4n) is 1.73. The molecule has 0 atom stereocenters. The van der Waals surface area contributed by atoms with Crippen LogP contribution >= 0.6 is 12.6 Å². The first kappa shape index (κ1) is 11.5. The first-order valence-electron chi connectivity index (χ1n) is 5.41. The molecular weight excluding hydrogens is 220 g/mol. The van der Waals surface area contributed by atoms with Gasteiger partial charge in [0, 0.05) is 6.54 Å². The van der Waals surface area contributed by atoms with E-state index in [2.05, 4.69) is 41.7 Å². The smallest absolute Gasteiger partial charge is 0.181 e. The van der Waals surface area contributed by atoms with E-state index in [0.717, 1.165) is 36.4 Å². The molecule has 0 aliphatic heterocycles. The van der Waals surface area contributed by atoms with Gasteiger partial charge in [-0.15, -0.1) is 0 Å². The van der Waals surface area contributed by atoms with Crippen molar-refractivity contribution in [3.05, 3.63) is 30.2 Å². The second-order valence-electron chi connectivity index (χ2n) is 3.97. The Morgan fingerprint density at radius 1 is 1.44 bits per heavy atom. The van der Waals surface area contributed by atoms with Crippen LogP contribution in [0.15, 0.2) is 29.0 Å². The lowest BCUT2D eigenvalue weighted by Crippen LogP contribution is -2.19. The van der Waals surface area contributed by atoms with Crippen molar-refractivity contribution in [2.75, 3.05) is 19.3 Å². The molecule has 16 heavy (non-hydrogen) atoms. The minimum atomic E-state index is 0.861. The normalized spacial score (nSPS) is 11.4. The molecule has 0 aliphatic rings. The number of nitrogens with zero attached hydrogens (tertiary/aromatic N) is 2. The van der Waals surface area contributed by atoms with Gasteiger partial charge in [-0.3, -0.25) is 0 Å². The molecule has 0 amide bonds. The van der Waals surface area contributed by atoms with Crippen LogP contribution in [0.5, 0.6) is 0 Å².